The summed E-state index contributed by atoms with van der Waals surface area (Å²) in [6.07, 6.45) is 0.144. The van der Waals surface area contributed by atoms with Crippen LogP contribution in [0.3, 0.4) is 0 Å². The highest BCUT2D eigenvalue weighted by Crippen LogP contribution is 2.20. The lowest BCUT2D eigenvalue weighted by Crippen LogP contribution is -2.52. The van der Waals surface area contributed by atoms with Crippen LogP contribution in [0.5, 0.6) is 0 Å². The molecular formula is C15H17N3O3. The van der Waals surface area contributed by atoms with Crippen molar-refractivity contribution in [3.05, 3.63) is 30.3 Å². The van der Waals surface area contributed by atoms with Gasteiger partial charge in [0.2, 0.25) is 5.91 Å². The average molecular weight is 287 g/mol. The lowest BCUT2D eigenvalue weighted by molar-refractivity contribution is -0.139. The average Bonchev–Trinajstić information content (AvgIpc) is 2.42. The number of nitriles is 1. The third-order valence-electron chi connectivity index (χ3n) is 3.45. The van der Waals surface area contributed by atoms with Crippen molar-refractivity contribution in [3.8, 4) is 6.07 Å². The van der Waals surface area contributed by atoms with Crippen molar-refractivity contribution in [1.29, 1.82) is 5.26 Å². The summed E-state index contributed by atoms with van der Waals surface area (Å²) in [7, 11) is 0. The standard InChI is InChI=1S/C15H17N3O3/c16-6-7-18(13-4-2-1-3-5-13)14(19)11-17-9-12(10-17)8-15(20)21/h1-5,12H,7-11H2,(H,20,21). The molecule has 0 atom stereocenters. The SMILES string of the molecule is N#CCN(C(=O)CN1CC(CC(=O)O)C1)c1ccccc1. The minimum Gasteiger partial charge on any atom is -0.481 e. The van der Waals surface area contributed by atoms with Crippen LogP contribution in [0.25, 0.3) is 0 Å². The predicted octanol–water partition coefficient (Wildman–Crippen LogP) is 0.950. The Balaban J connectivity index is 1.89. The molecule has 6 heteroatoms. The lowest BCUT2D eigenvalue weighted by Gasteiger charge is -2.38. The molecule has 1 saturated heterocycles. The molecule has 0 bridgehead atoms. The smallest absolute Gasteiger partial charge is 0.303 e. The molecule has 0 saturated carbocycles. The van der Waals surface area contributed by atoms with Crippen LogP contribution in [0.4, 0.5) is 5.69 Å². The molecule has 0 radical (unpaired) electrons. The summed E-state index contributed by atoms with van der Waals surface area (Å²) in [5, 5.41) is 17.6. The number of likely N-dealkylation sites (tertiary alicyclic amines) is 1. The monoisotopic (exact) mass is 287 g/mol. The first-order valence-electron chi connectivity index (χ1n) is 6.76. The summed E-state index contributed by atoms with van der Waals surface area (Å²) >= 11 is 0. The molecule has 1 aliphatic heterocycles. The number of carboxylic acids is 1. The molecule has 0 aromatic heterocycles. The molecule has 6 nitrogen and oxygen atoms in total. The molecule has 2 rings (SSSR count). The Hall–Kier alpha value is -2.39. The van der Waals surface area contributed by atoms with Gasteiger partial charge in [-0.15, -0.1) is 0 Å². The first kappa shape index (κ1) is 15.0. The zero-order valence-corrected chi connectivity index (χ0v) is 11.6. The van der Waals surface area contributed by atoms with Gasteiger partial charge in [0.1, 0.15) is 6.54 Å². The summed E-state index contributed by atoms with van der Waals surface area (Å²) in [6, 6.07) is 11.1. The van der Waals surface area contributed by atoms with Crippen molar-refractivity contribution in [1.82, 2.24) is 4.90 Å². The fourth-order valence-electron chi connectivity index (χ4n) is 2.46. The molecule has 21 heavy (non-hydrogen) atoms. The summed E-state index contributed by atoms with van der Waals surface area (Å²) in [4.78, 5) is 26.2. The van der Waals surface area contributed by atoms with Gasteiger partial charge in [-0.3, -0.25) is 19.4 Å². The Morgan fingerprint density at radius 2 is 2.00 bits per heavy atom. The number of amides is 1. The number of carbonyl (C=O) groups excluding carboxylic acids is 1. The van der Waals surface area contributed by atoms with Gasteiger partial charge in [-0.05, 0) is 18.1 Å². The minimum atomic E-state index is -0.804. The molecule has 1 aromatic rings. The predicted molar refractivity (Wildman–Crippen MR) is 76.6 cm³/mol. The number of nitrogens with zero attached hydrogens (tertiary/aromatic N) is 3. The van der Waals surface area contributed by atoms with E-state index in [2.05, 4.69) is 0 Å². The molecule has 110 valence electrons. The number of hydrogen-bond acceptors (Lipinski definition) is 4. The molecule has 0 unspecified atom stereocenters. The molecule has 1 heterocycles. The zero-order chi connectivity index (χ0) is 15.2. The maximum atomic E-state index is 12.3. The maximum Gasteiger partial charge on any atom is 0.303 e. The van der Waals surface area contributed by atoms with E-state index in [1.54, 1.807) is 12.1 Å². The van der Waals surface area contributed by atoms with E-state index in [4.69, 9.17) is 10.4 Å². The van der Waals surface area contributed by atoms with Crippen LogP contribution in [0, 0.1) is 17.2 Å². The first-order valence-corrected chi connectivity index (χ1v) is 6.76. The van der Waals surface area contributed by atoms with Gasteiger partial charge in [0, 0.05) is 18.8 Å². The highest BCUT2D eigenvalue weighted by Gasteiger charge is 2.31. The summed E-state index contributed by atoms with van der Waals surface area (Å²) < 4.78 is 0. The molecule has 1 fully saturated rings. The molecule has 0 spiro atoms. The van der Waals surface area contributed by atoms with Crippen molar-refractivity contribution in [3.63, 3.8) is 0 Å². The second kappa shape index (κ2) is 6.86. The van der Waals surface area contributed by atoms with Crippen LogP contribution < -0.4 is 4.90 Å². The number of hydrogen-bond donors (Lipinski definition) is 1. The summed E-state index contributed by atoms with van der Waals surface area (Å²) in [6.45, 7) is 1.46. The Kier molecular flexibility index (Phi) is 4.90. The van der Waals surface area contributed by atoms with Gasteiger partial charge in [-0.2, -0.15) is 5.26 Å². The van der Waals surface area contributed by atoms with Crippen LogP contribution >= 0.6 is 0 Å². The number of benzene rings is 1. The van der Waals surface area contributed by atoms with E-state index in [-0.39, 0.29) is 31.3 Å². The van der Waals surface area contributed by atoms with Gasteiger partial charge in [-0.1, -0.05) is 18.2 Å². The van der Waals surface area contributed by atoms with E-state index < -0.39 is 5.97 Å². The normalized spacial score (nSPS) is 15.0. The molecular weight excluding hydrogens is 270 g/mol. The Labute approximate surface area is 123 Å². The number of aliphatic carboxylic acids is 1. The lowest BCUT2D eigenvalue weighted by atomic mass is 9.96. The van der Waals surface area contributed by atoms with Crippen LogP contribution in [0.15, 0.2) is 30.3 Å². The largest absolute Gasteiger partial charge is 0.481 e. The molecule has 1 aliphatic rings. The number of anilines is 1. The fourth-order valence-corrected chi connectivity index (χ4v) is 2.46. The quantitative estimate of drug-likeness (QED) is 0.787. The van der Waals surface area contributed by atoms with Gasteiger partial charge in [0.15, 0.2) is 0 Å². The van der Waals surface area contributed by atoms with E-state index in [0.29, 0.717) is 18.8 Å². The highest BCUT2D eigenvalue weighted by atomic mass is 16.4. The van der Waals surface area contributed by atoms with Gasteiger partial charge >= 0.3 is 5.97 Å². The Morgan fingerprint density at radius 1 is 1.33 bits per heavy atom. The maximum absolute atomic E-state index is 12.3. The number of carbonyl (C=O) groups is 2. The zero-order valence-electron chi connectivity index (χ0n) is 11.6. The minimum absolute atomic E-state index is 0.00917. The molecule has 1 N–H and O–H groups in total. The van der Waals surface area contributed by atoms with Crippen molar-refractivity contribution < 1.29 is 14.7 Å². The molecule has 1 amide bonds. The second-order valence-corrected chi connectivity index (χ2v) is 5.13. The van der Waals surface area contributed by atoms with E-state index in [9.17, 15) is 9.59 Å². The van der Waals surface area contributed by atoms with Gasteiger partial charge < -0.3 is 5.11 Å². The molecule has 1 aromatic carbocycles. The third kappa shape index (κ3) is 4.04. The van der Waals surface area contributed by atoms with Gasteiger partial charge in [-0.25, -0.2) is 0 Å². The van der Waals surface area contributed by atoms with E-state index in [1.165, 1.54) is 4.90 Å². The topological polar surface area (TPSA) is 84.6 Å². The van der Waals surface area contributed by atoms with Gasteiger partial charge in [0.25, 0.3) is 0 Å². The third-order valence-corrected chi connectivity index (χ3v) is 3.45. The number of rotatable bonds is 6. The van der Waals surface area contributed by atoms with Crippen LogP contribution in [-0.2, 0) is 9.59 Å². The second-order valence-electron chi connectivity index (χ2n) is 5.13. The first-order chi connectivity index (χ1) is 10.1. The number of para-hydroxylation sites is 1. The van der Waals surface area contributed by atoms with Crippen molar-refractivity contribution in [2.75, 3.05) is 31.1 Å². The van der Waals surface area contributed by atoms with Crippen LogP contribution in [0.2, 0.25) is 0 Å². The summed E-state index contributed by atoms with van der Waals surface area (Å²) in [5.41, 5.74) is 0.701. The van der Waals surface area contributed by atoms with Crippen LogP contribution in [0.1, 0.15) is 6.42 Å². The highest BCUT2D eigenvalue weighted by molar-refractivity contribution is 5.95. The van der Waals surface area contributed by atoms with E-state index in [1.807, 2.05) is 29.2 Å². The summed E-state index contributed by atoms with van der Waals surface area (Å²) in [5.74, 6) is -0.825. The van der Waals surface area contributed by atoms with Crippen molar-refractivity contribution in [2.45, 2.75) is 6.42 Å². The van der Waals surface area contributed by atoms with E-state index >= 15 is 0 Å². The Morgan fingerprint density at radius 3 is 2.57 bits per heavy atom. The Bertz CT molecular complexity index is 547. The van der Waals surface area contributed by atoms with E-state index in [0.717, 1.165) is 0 Å². The van der Waals surface area contributed by atoms with Crippen molar-refractivity contribution >= 4 is 17.6 Å². The molecule has 0 aliphatic carbocycles. The van der Waals surface area contributed by atoms with Crippen molar-refractivity contribution in [2.24, 2.45) is 5.92 Å². The number of carboxylic acid groups (broad SMARTS) is 1. The van der Waals surface area contributed by atoms with Crippen LogP contribution in [-0.4, -0.2) is 48.1 Å². The fraction of sp³-hybridized carbons (Fsp3) is 0.400. The van der Waals surface area contributed by atoms with Gasteiger partial charge in [0.05, 0.1) is 19.0 Å².